The number of benzene rings is 4. The maximum Gasteiger partial charge on any atom is 0.251 e. The van der Waals surface area contributed by atoms with E-state index in [2.05, 4.69) is 5.32 Å². The topological polar surface area (TPSA) is 58.5 Å². The minimum absolute atomic E-state index is 0.0756. The Morgan fingerprint density at radius 3 is 1.67 bits per heavy atom. The van der Waals surface area contributed by atoms with Crippen molar-refractivity contribution in [2.24, 2.45) is 10.7 Å². The molecule has 1 N–H and O–H groups in total. The van der Waals surface area contributed by atoms with Gasteiger partial charge in [0.15, 0.2) is 0 Å². The predicted molar refractivity (Wildman–Crippen MR) is 145 cm³/mol. The molecule has 0 bridgehead atoms. The lowest BCUT2D eigenvalue weighted by molar-refractivity contribution is 0.0939. The molecular formula is C30H28FN2O2P. The molecule has 0 spiro atoms. The SMILES string of the molecule is CC(C)[C@H](NC(=O)c1ccc(F)cc1)/C(=N\P(=O)(c1ccccc1)c1ccccc1)c1ccccc1. The molecule has 4 rings (SSSR count). The normalized spacial score (nSPS) is 12.8. The van der Waals surface area contributed by atoms with Crippen molar-refractivity contribution in [3.63, 3.8) is 0 Å². The van der Waals surface area contributed by atoms with Crippen LogP contribution in [0, 0.1) is 11.7 Å². The Balaban J connectivity index is 1.88. The Morgan fingerprint density at radius 2 is 1.19 bits per heavy atom. The molecule has 4 aromatic rings. The number of amides is 1. The van der Waals surface area contributed by atoms with Crippen molar-refractivity contribution in [2.75, 3.05) is 0 Å². The average Bonchev–Trinajstić information content (AvgIpc) is 2.92. The summed E-state index contributed by atoms with van der Waals surface area (Å²) >= 11 is 0. The van der Waals surface area contributed by atoms with Crippen molar-refractivity contribution in [1.29, 1.82) is 0 Å². The molecule has 1 amide bonds. The highest BCUT2D eigenvalue weighted by atomic mass is 31.2. The summed E-state index contributed by atoms with van der Waals surface area (Å²) in [5, 5.41) is 4.28. The highest BCUT2D eigenvalue weighted by molar-refractivity contribution is 7.77. The van der Waals surface area contributed by atoms with Gasteiger partial charge >= 0.3 is 0 Å². The molecule has 0 saturated heterocycles. The first kappa shape index (κ1) is 25.3. The molecule has 0 aromatic heterocycles. The maximum absolute atomic E-state index is 14.8. The van der Waals surface area contributed by atoms with Gasteiger partial charge in [-0.2, -0.15) is 0 Å². The number of hydrogen-bond donors (Lipinski definition) is 1. The summed E-state index contributed by atoms with van der Waals surface area (Å²) in [7, 11) is -3.47. The molecule has 4 nitrogen and oxygen atoms in total. The summed E-state index contributed by atoms with van der Waals surface area (Å²) in [6.45, 7) is 3.95. The van der Waals surface area contributed by atoms with Crippen molar-refractivity contribution in [3.05, 3.63) is 132 Å². The summed E-state index contributed by atoms with van der Waals surface area (Å²) in [6, 6.07) is 32.7. The van der Waals surface area contributed by atoms with Gasteiger partial charge in [-0.25, -0.2) is 9.15 Å². The van der Waals surface area contributed by atoms with Crippen molar-refractivity contribution in [3.8, 4) is 0 Å². The van der Waals surface area contributed by atoms with Gasteiger partial charge in [0.05, 0.1) is 11.8 Å². The maximum atomic E-state index is 14.8. The molecule has 6 heteroatoms. The molecule has 0 aliphatic carbocycles. The Morgan fingerprint density at radius 1 is 0.722 bits per heavy atom. The first-order valence-corrected chi connectivity index (χ1v) is 13.5. The number of carbonyl (C=O) groups is 1. The van der Waals surface area contributed by atoms with Crippen LogP contribution in [-0.2, 0) is 4.57 Å². The third-order valence-electron chi connectivity index (χ3n) is 5.88. The molecule has 1 atom stereocenters. The van der Waals surface area contributed by atoms with E-state index in [-0.39, 0.29) is 11.8 Å². The summed E-state index contributed by atoms with van der Waals surface area (Å²) < 4.78 is 33.2. The van der Waals surface area contributed by atoms with Crippen LogP contribution in [0.15, 0.2) is 120 Å². The van der Waals surface area contributed by atoms with Crippen LogP contribution in [0.5, 0.6) is 0 Å². The summed E-state index contributed by atoms with van der Waals surface area (Å²) in [5.74, 6) is -0.843. The Labute approximate surface area is 211 Å². The van der Waals surface area contributed by atoms with Crippen LogP contribution in [0.2, 0.25) is 0 Å². The van der Waals surface area contributed by atoms with E-state index in [1.165, 1.54) is 24.3 Å². The van der Waals surface area contributed by atoms with Crippen LogP contribution in [-0.4, -0.2) is 17.7 Å². The second-order valence-electron chi connectivity index (χ2n) is 8.80. The molecule has 0 unspecified atom stereocenters. The van der Waals surface area contributed by atoms with Gasteiger partial charge < -0.3 is 5.32 Å². The van der Waals surface area contributed by atoms with E-state index < -0.39 is 19.2 Å². The van der Waals surface area contributed by atoms with E-state index >= 15 is 0 Å². The van der Waals surface area contributed by atoms with Crippen LogP contribution in [0.3, 0.4) is 0 Å². The molecule has 0 fully saturated rings. The van der Waals surface area contributed by atoms with E-state index in [9.17, 15) is 13.8 Å². The Hall–Kier alpha value is -3.82. The lowest BCUT2D eigenvalue weighted by Crippen LogP contribution is -2.45. The van der Waals surface area contributed by atoms with E-state index in [1.54, 1.807) is 0 Å². The van der Waals surface area contributed by atoms with Crippen molar-refractivity contribution in [1.82, 2.24) is 5.32 Å². The largest absolute Gasteiger partial charge is 0.343 e. The average molecular weight is 499 g/mol. The summed E-state index contributed by atoms with van der Waals surface area (Å²) in [6.07, 6.45) is 0. The van der Waals surface area contributed by atoms with Gasteiger partial charge in [-0.15, -0.1) is 0 Å². The smallest absolute Gasteiger partial charge is 0.251 e. The molecule has 0 saturated carbocycles. The van der Waals surface area contributed by atoms with Gasteiger partial charge in [0.25, 0.3) is 5.91 Å². The van der Waals surface area contributed by atoms with Crippen LogP contribution in [0.25, 0.3) is 0 Å². The van der Waals surface area contributed by atoms with Crippen molar-refractivity contribution < 1.29 is 13.8 Å². The van der Waals surface area contributed by atoms with Crippen LogP contribution >= 0.6 is 7.29 Å². The Kier molecular flexibility index (Phi) is 7.92. The zero-order chi connectivity index (χ0) is 25.5. The third kappa shape index (κ3) is 5.69. The van der Waals surface area contributed by atoms with Gasteiger partial charge in [-0.05, 0) is 60.0 Å². The predicted octanol–water partition coefficient (Wildman–Crippen LogP) is 6.00. The molecule has 36 heavy (non-hydrogen) atoms. The van der Waals surface area contributed by atoms with Gasteiger partial charge in [0.1, 0.15) is 5.82 Å². The quantitative estimate of drug-likeness (QED) is 0.239. The first-order chi connectivity index (χ1) is 17.4. The third-order valence-corrected chi connectivity index (χ3v) is 8.38. The molecule has 0 heterocycles. The summed E-state index contributed by atoms with van der Waals surface area (Å²) in [4.78, 5) is 13.2. The van der Waals surface area contributed by atoms with Gasteiger partial charge in [0.2, 0.25) is 7.29 Å². The van der Waals surface area contributed by atoms with Gasteiger partial charge in [-0.3, -0.25) is 9.36 Å². The van der Waals surface area contributed by atoms with Gasteiger partial charge in [-0.1, -0.05) is 80.6 Å². The molecule has 0 radical (unpaired) electrons. The second kappa shape index (κ2) is 11.3. The van der Waals surface area contributed by atoms with Crippen molar-refractivity contribution >= 4 is 29.5 Å². The standard InChI is InChI=1S/C30H28FN2O2P/c1-22(2)28(32-30(34)24-18-20-25(31)21-19-24)29(23-12-6-3-7-13-23)33-36(35,26-14-8-4-9-15-26)27-16-10-5-11-17-27/h3-22,28H,1-2H3,(H,32,34)/b33-29-/t28-/m0/s1. The fourth-order valence-electron chi connectivity index (χ4n) is 3.96. The van der Waals surface area contributed by atoms with Crippen molar-refractivity contribution in [2.45, 2.75) is 19.9 Å². The van der Waals surface area contributed by atoms with E-state index in [0.717, 1.165) is 5.56 Å². The van der Waals surface area contributed by atoms with Crippen LogP contribution < -0.4 is 15.9 Å². The molecule has 0 aliphatic heterocycles. The fraction of sp³-hybridized carbons (Fsp3) is 0.133. The zero-order valence-electron chi connectivity index (χ0n) is 20.2. The highest BCUT2D eigenvalue weighted by Gasteiger charge is 2.31. The van der Waals surface area contributed by atoms with E-state index in [1.807, 2.05) is 105 Å². The lowest BCUT2D eigenvalue weighted by atomic mass is 9.94. The van der Waals surface area contributed by atoms with Crippen LogP contribution in [0.1, 0.15) is 29.8 Å². The Bertz CT molecular complexity index is 1330. The van der Waals surface area contributed by atoms with Crippen LogP contribution in [0.4, 0.5) is 4.39 Å². The first-order valence-electron chi connectivity index (χ1n) is 11.8. The monoisotopic (exact) mass is 498 g/mol. The number of nitrogens with one attached hydrogen (secondary N) is 1. The highest BCUT2D eigenvalue weighted by Crippen LogP contribution is 2.46. The molecule has 0 aliphatic rings. The minimum Gasteiger partial charge on any atom is -0.343 e. The minimum atomic E-state index is -3.47. The fourth-order valence-corrected chi connectivity index (χ4v) is 6.19. The number of carbonyl (C=O) groups excluding carboxylic acids is 1. The molecular weight excluding hydrogens is 470 g/mol. The second-order valence-corrected chi connectivity index (χ2v) is 11.2. The van der Waals surface area contributed by atoms with E-state index in [4.69, 9.17) is 4.76 Å². The number of hydrogen-bond acceptors (Lipinski definition) is 2. The zero-order valence-corrected chi connectivity index (χ0v) is 21.1. The number of rotatable bonds is 8. The summed E-state index contributed by atoms with van der Waals surface area (Å²) in [5.41, 5.74) is 1.63. The number of nitrogens with zero attached hydrogens (tertiary/aromatic N) is 1. The van der Waals surface area contributed by atoms with Gasteiger partial charge in [0, 0.05) is 16.2 Å². The number of halogens is 1. The van der Waals surface area contributed by atoms with E-state index in [0.29, 0.717) is 21.9 Å². The lowest BCUT2D eigenvalue weighted by Gasteiger charge is -2.27. The molecule has 182 valence electrons. The molecule has 4 aromatic carbocycles.